The molecule has 0 aliphatic rings. The van der Waals surface area contributed by atoms with E-state index in [1.54, 1.807) is 11.8 Å². The van der Waals surface area contributed by atoms with Crippen molar-refractivity contribution in [1.82, 2.24) is 5.32 Å². The lowest BCUT2D eigenvalue weighted by Crippen LogP contribution is -2.35. The van der Waals surface area contributed by atoms with Crippen LogP contribution in [-0.2, 0) is 0 Å². The number of carbonyl (C=O) groups is 1. The largest absolute Gasteiger partial charge is 0.391 e. The molecule has 18 heavy (non-hydrogen) atoms. The topological polar surface area (TPSA) is 49.3 Å². The van der Waals surface area contributed by atoms with Crippen molar-refractivity contribution in [2.45, 2.75) is 37.7 Å². The Morgan fingerprint density at radius 3 is 2.72 bits per heavy atom. The number of thioether (sulfide) groups is 1. The van der Waals surface area contributed by atoms with Crippen molar-refractivity contribution in [3.63, 3.8) is 0 Å². The summed E-state index contributed by atoms with van der Waals surface area (Å²) in [5.41, 5.74) is 0. The van der Waals surface area contributed by atoms with Gasteiger partial charge in [0.05, 0.1) is 6.10 Å². The predicted octanol–water partition coefficient (Wildman–Crippen LogP) is 3.00. The highest BCUT2D eigenvalue weighted by Gasteiger charge is 2.18. The van der Waals surface area contributed by atoms with E-state index in [9.17, 15) is 9.90 Å². The molecule has 1 unspecified atom stereocenters. The Kier molecular flexibility index (Phi) is 6.75. The maximum absolute atomic E-state index is 12.0. The van der Waals surface area contributed by atoms with E-state index in [0.717, 1.165) is 22.6 Å². The maximum Gasteiger partial charge on any atom is 0.262 e. The second-order valence-electron chi connectivity index (χ2n) is 4.17. The van der Waals surface area contributed by atoms with Gasteiger partial charge in [0.1, 0.15) is 4.88 Å². The van der Waals surface area contributed by atoms with E-state index in [0.29, 0.717) is 6.54 Å². The highest BCUT2D eigenvalue weighted by atomic mass is 32.2. The van der Waals surface area contributed by atoms with E-state index in [1.165, 1.54) is 11.3 Å². The first-order valence-electron chi connectivity index (χ1n) is 6.21. The molecule has 0 fully saturated rings. The van der Waals surface area contributed by atoms with Gasteiger partial charge in [0.25, 0.3) is 5.91 Å². The molecule has 0 aliphatic carbocycles. The third-order valence-corrected chi connectivity index (χ3v) is 4.94. The first-order valence-corrected chi connectivity index (χ1v) is 8.32. The van der Waals surface area contributed by atoms with Crippen molar-refractivity contribution in [2.24, 2.45) is 5.92 Å². The summed E-state index contributed by atoms with van der Waals surface area (Å²) < 4.78 is 0. The van der Waals surface area contributed by atoms with Crippen LogP contribution in [-0.4, -0.2) is 29.9 Å². The molecule has 3 nitrogen and oxygen atoms in total. The Morgan fingerprint density at radius 1 is 1.50 bits per heavy atom. The fraction of sp³-hybridized carbons (Fsp3) is 0.615. The molecule has 1 amide bonds. The van der Waals surface area contributed by atoms with E-state index in [1.807, 2.05) is 17.7 Å². The number of nitrogens with one attached hydrogen (secondary N) is 1. The van der Waals surface area contributed by atoms with E-state index < -0.39 is 6.10 Å². The molecule has 0 aliphatic heterocycles. The van der Waals surface area contributed by atoms with E-state index in [4.69, 9.17) is 0 Å². The van der Waals surface area contributed by atoms with Crippen LogP contribution in [0.25, 0.3) is 0 Å². The highest BCUT2D eigenvalue weighted by Crippen LogP contribution is 2.25. The standard InChI is InChI=1S/C13H21NO2S2/c1-4-9(5-2)10(15)8-14-13(16)12-11(17-3)6-7-18-12/h6-7,9-10,15H,4-5,8H2,1-3H3,(H,14,16). The molecule has 0 spiro atoms. The van der Waals surface area contributed by atoms with Gasteiger partial charge in [-0.05, 0) is 23.6 Å². The smallest absolute Gasteiger partial charge is 0.262 e. The van der Waals surface area contributed by atoms with Gasteiger partial charge in [0, 0.05) is 11.4 Å². The summed E-state index contributed by atoms with van der Waals surface area (Å²) in [7, 11) is 0. The summed E-state index contributed by atoms with van der Waals surface area (Å²) in [6.07, 6.45) is 3.37. The highest BCUT2D eigenvalue weighted by molar-refractivity contribution is 7.98. The van der Waals surface area contributed by atoms with Crippen LogP contribution in [0.4, 0.5) is 0 Å². The summed E-state index contributed by atoms with van der Waals surface area (Å²) in [5.74, 6) is 0.174. The van der Waals surface area contributed by atoms with Gasteiger partial charge in [-0.3, -0.25) is 4.79 Å². The SMILES string of the molecule is CCC(CC)C(O)CNC(=O)c1sccc1SC. The lowest BCUT2D eigenvalue weighted by atomic mass is 9.96. The monoisotopic (exact) mass is 287 g/mol. The van der Waals surface area contributed by atoms with E-state index in [2.05, 4.69) is 19.2 Å². The van der Waals surface area contributed by atoms with Crippen LogP contribution < -0.4 is 5.32 Å². The molecule has 1 atom stereocenters. The minimum absolute atomic E-state index is 0.0839. The number of hydrogen-bond acceptors (Lipinski definition) is 4. The van der Waals surface area contributed by atoms with Gasteiger partial charge in [-0.15, -0.1) is 23.1 Å². The molecular weight excluding hydrogens is 266 g/mol. The summed E-state index contributed by atoms with van der Waals surface area (Å²) in [4.78, 5) is 13.7. The second kappa shape index (κ2) is 7.81. The molecule has 0 aromatic carbocycles. The van der Waals surface area contributed by atoms with E-state index in [-0.39, 0.29) is 11.8 Å². The second-order valence-corrected chi connectivity index (χ2v) is 5.94. The number of carbonyl (C=O) groups excluding carboxylic acids is 1. The van der Waals surface area contributed by atoms with Crippen LogP contribution in [0.1, 0.15) is 36.4 Å². The lowest BCUT2D eigenvalue weighted by Gasteiger charge is -2.20. The summed E-state index contributed by atoms with van der Waals surface area (Å²) in [6, 6.07) is 1.95. The van der Waals surface area contributed by atoms with Crippen LogP contribution >= 0.6 is 23.1 Å². The van der Waals surface area contributed by atoms with Crippen molar-refractivity contribution in [1.29, 1.82) is 0 Å². The molecule has 0 saturated carbocycles. The third-order valence-electron chi connectivity index (χ3n) is 3.12. The Bertz CT molecular complexity index is 375. The van der Waals surface area contributed by atoms with Crippen molar-refractivity contribution in [3.05, 3.63) is 16.3 Å². The van der Waals surface area contributed by atoms with Gasteiger partial charge in [0.15, 0.2) is 0 Å². The van der Waals surface area contributed by atoms with Crippen molar-refractivity contribution < 1.29 is 9.90 Å². The van der Waals surface area contributed by atoms with Crippen LogP contribution in [0.15, 0.2) is 16.3 Å². The Labute approximate surface area is 117 Å². The zero-order valence-electron chi connectivity index (χ0n) is 11.1. The van der Waals surface area contributed by atoms with Gasteiger partial charge in [0.2, 0.25) is 0 Å². The normalized spacial score (nSPS) is 12.7. The van der Waals surface area contributed by atoms with Gasteiger partial charge in [-0.2, -0.15) is 0 Å². The number of aliphatic hydroxyl groups is 1. The van der Waals surface area contributed by atoms with Crippen molar-refractivity contribution in [3.8, 4) is 0 Å². The molecule has 0 saturated heterocycles. The molecule has 1 rings (SSSR count). The number of aliphatic hydroxyl groups excluding tert-OH is 1. The summed E-state index contributed by atoms with van der Waals surface area (Å²) in [5, 5.41) is 14.7. The molecular formula is C13H21NO2S2. The van der Waals surface area contributed by atoms with Crippen LogP contribution in [0, 0.1) is 5.92 Å². The predicted molar refractivity (Wildman–Crippen MR) is 78.5 cm³/mol. The average Bonchev–Trinajstić information content (AvgIpc) is 2.85. The lowest BCUT2D eigenvalue weighted by molar-refractivity contribution is 0.0818. The fourth-order valence-corrected chi connectivity index (χ4v) is 3.57. The molecule has 1 heterocycles. The molecule has 0 bridgehead atoms. The average molecular weight is 287 g/mol. The molecule has 2 N–H and O–H groups in total. The number of amides is 1. The third kappa shape index (κ3) is 4.00. The van der Waals surface area contributed by atoms with Crippen LogP contribution in [0.3, 0.4) is 0 Å². The van der Waals surface area contributed by atoms with Crippen molar-refractivity contribution >= 4 is 29.0 Å². The summed E-state index contributed by atoms with van der Waals surface area (Å²) >= 11 is 3.01. The minimum atomic E-state index is -0.457. The van der Waals surface area contributed by atoms with Crippen LogP contribution in [0.5, 0.6) is 0 Å². The quantitative estimate of drug-likeness (QED) is 0.758. The Hall–Kier alpha value is -0.520. The Morgan fingerprint density at radius 2 is 2.17 bits per heavy atom. The molecule has 1 aromatic heterocycles. The molecule has 1 aromatic rings. The van der Waals surface area contributed by atoms with Crippen LogP contribution in [0.2, 0.25) is 0 Å². The van der Waals surface area contributed by atoms with Gasteiger partial charge >= 0.3 is 0 Å². The van der Waals surface area contributed by atoms with Crippen molar-refractivity contribution in [2.75, 3.05) is 12.8 Å². The van der Waals surface area contributed by atoms with Gasteiger partial charge in [-0.1, -0.05) is 26.7 Å². The Balaban J connectivity index is 2.51. The van der Waals surface area contributed by atoms with Gasteiger partial charge < -0.3 is 10.4 Å². The zero-order chi connectivity index (χ0) is 13.5. The van der Waals surface area contributed by atoms with E-state index >= 15 is 0 Å². The number of rotatable bonds is 7. The summed E-state index contributed by atoms with van der Waals surface area (Å²) in [6.45, 7) is 4.45. The van der Waals surface area contributed by atoms with Gasteiger partial charge in [-0.25, -0.2) is 0 Å². The zero-order valence-corrected chi connectivity index (χ0v) is 12.7. The maximum atomic E-state index is 12.0. The first kappa shape index (κ1) is 15.5. The minimum Gasteiger partial charge on any atom is -0.391 e. The fourth-order valence-electron chi connectivity index (χ4n) is 1.90. The molecule has 102 valence electrons. The number of hydrogen-bond donors (Lipinski definition) is 2. The first-order chi connectivity index (χ1) is 8.63. The molecule has 5 heteroatoms. The number of thiophene rings is 1. The molecule has 0 radical (unpaired) electrons.